The Morgan fingerprint density at radius 2 is 2.06 bits per heavy atom. The smallest absolute Gasteiger partial charge is 0.115 e. The van der Waals surface area contributed by atoms with Crippen LogP contribution in [0.4, 0.5) is 0 Å². The number of benzene rings is 1. The van der Waals surface area contributed by atoms with E-state index in [1.54, 1.807) is 6.07 Å². The number of phenols is 1. The summed E-state index contributed by atoms with van der Waals surface area (Å²) < 4.78 is 0. The van der Waals surface area contributed by atoms with Crippen molar-refractivity contribution >= 4 is 0 Å². The van der Waals surface area contributed by atoms with Crippen LogP contribution in [0.3, 0.4) is 0 Å². The fourth-order valence-corrected chi connectivity index (χ4v) is 3.40. The van der Waals surface area contributed by atoms with E-state index in [1.807, 2.05) is 12.1 Å². The highest BCUT2D eigenvalue weighted by Crippen LogP contribution is 2.51. The molecule has 3 N–H and O–H groups in total. The molecule has 3 heteroatoms. The predicted octanol–water partition coefficient (Wildman–Crippen LogP) is 1.66. The molecule has 0 bridgehead atoms. The number of nitrogens with two attached hydrogens (primary N) is 1. The highest BCUT2D eigenvalue weighted by molar-refractivity contribution is 5.42. The summed E-state index contributed by atoms with van der Waals surface area (Å²) in [6.45, 7) is 2.27. The van der Waals surface area contributed by atoms with E-state index in [4.69, 9.17) is 5.73 Å². The molecule has 2 aliphatic rings. The summed E-state index contributed by atoms with van der Waals surface area (Å²) in [7, 11) is 2.17. The van der Waals surface area contributed by atoms with Crippen molar-refractivity contribution in [3.05, 3.63) is 29.3 Å². The Kier molecular flexibility index (Phi) is 2.42. The van der Waals surface area contributed by atoms with Crippen LogP contribution in [-0.2, 0) is 6.42 Å². The van der Waals surface area contributed by atoms with Gasteiger partial charge in [-0.1, -0.05) is 6.07 Å². The zero-order valence-electron chi connectivity index (χ0n) is 10.3. The van der Waals surface area contributed by atoms with E-state index >= 15 is 0 Å². The summed E-state index contributed by atoms with van der Waals surface area (Å²) in [4.78, 5) is 2.37. The summed E-state index contributed by atoms with van der Waals surface area (Å²) in [5, 5.41) is 9.58. The summed E-state index contributed by atoms with van der Waals surface area (Å²) in [5.74, 6) is 0.337. The molecular weight excluding hydrogens is 212 g/mol. The molecule has 0 saturated carbocycles. The van der Waals surface area contributed by atoms with E-state index in [-0.39, 0.29) is 11.5 Å². The van der Waals surface area contributed by atoms with E-state index in [0.717, 1.165) is 25.1 Å². The van der Waals surface area contributed by atoms with Crippen molar-refractivity contribution in [1.29, 1.82) is 0 Å². The first-order chi connectivity index (χ1) is 8.11. The second-order valence-corrected chi connectivity index (χ2v) is 5.70. The first kappa shape index (κ1) is 11.1. The third-order valence-corrected chi connectivity index (χ3v) is 4.65. The molecule has 1 aliphatic heterocycles. The maximum Gasteiger partial charge on any atom is 0.115 e. The molecule has 1 aliphatic carbocycles. The van der Waals surface area contributed by atoms with Gasteiger partial charge in [-0.3, -0.25) is 0 Å². The highest BCUT2D eigenvalue weighted by Gasteiger charge is 2.45. The van der Waals surface area contributed by atoms with Crippen molar-refractivity contribution < 1.29 is 5.11 Å². The fourth-order valence-electron chi connectivity index (χ4n) is 3.40. The minimum atomic E-state index is 0.0956. The molecule has 3 nitrogen and oxygen atoms in total. The Bertz CT molecular complexity index is 436. The number of piperidine rings is 1. The zero-order valence-corrected chi connectivity index (χ0v) is 10.3. The van der Waals surface area contributed by atoms with Gasteiger partial charge in [0.1, 0.15) is 5.75 Å². The lowest BCUT2D eigenvalue weighted by Crippen LogP contribution is -2.42. The van der Waals surface area contributed by atoms with Crippen molar-refractivity contribution in [2.24, 2.45) is 11.1 Å². The number of hydrogen-bond donors (Lipinski definition) is 2. The molecule has 1 fully saturated rings. The lowest BCUT2D eigenvalue weighted by Gasteiger charge is -2.41. The van der Waals surface area contributed by atoms with Crippen LogP contribution in [0.2, 0.25) is 0 Å². The molecular formula is C14H20N2O. The van der Waals surface area contributed by atoms with Crippen LogP contribution in [0.25, 0.3) is 0 Å². The number of aromatic hydroxyl groups is 1. The lowest BCUT2D eigenvalue weighted by atomic mass is 9.73. The molecule has 1 heterocycles. The summed E-state index contributed by atoms with van der Waals surface area (Å²) >= 11 is 0. The van der Waals surface area contributed by atoms with Crippen molar-refractivity contribution in [3.63, 3.8) is 0 Å². The normalized spacial score (nSPS) is 27.3. The predicted molar refractivity (Wildman–Crippen MR) is 67.9 cm³/mol. The van der Waals surface area contributed by atoms with Gasteiger partial charge in [-0.05, 0) is 68.1 Å². The number of likely N-dealkylation sites (tertiary alicyclic amines) is 1. The van der Waals surface area contributed by atoms with Gasteiger partial charge in [-0.2, -0.15) is 0 Å². The molecule has 17 heavy (non-hydrogen) atoms. The summed E-state index contributed by atoms with van der Waals surface area (Å²) in [6, 6.07) is 5.77. The molecule has 1 spiro atoms. The van der Waals surface area contributed by atoms with Crippen molar-refractivity contribution in [2.75, 3.05) is 20.1 Å². The molecule has 1 saturated heterocycles. The van der Waals surface area contributed by atoms with Crippen LogP contribution in [-0.4, -0.2) is 30.1 Å². The number of nitrogens with zero attached hydrogens (tertiary/aromatic N) is 1. The summed E-state index contributed by atoms with van der Waals surface area (Å²) in [6.07, 6.45) is 3.41. The van der Waals surface area contributed by atoms with Gasteiger partial charge in [-0.15, -0.1) is 0 Å². The van der Waals surface area contributed by atoms with E-state index in [0.29, 0.717) is 5.75 Å². The van der Waals surface area contributed by atoms with Gasteiger partial charge >= 0.3 is 0 Å². The second kappa shape index (κ2) is 3.72. The topological polar surface area (TPSA) is 49.5 Å². The zero-order chi connectivity index (χ0) is 12.0. The van der Waals surface area contributed by atoms with E-state index in [1.165, 1.54) is 18.4 Å². The van der Waals surface area contributed by atoms with E-state index in [9.17, 15) is 5.11 Å². The van der Waals surface area contributed by atoms with E-state index in [2.05, 4.69) is 11.9 Å². The average molecular weight is 232 g/mol. The number of fused-ring (bicyclic) bond motifs is 1. The monoisotopic (exact) mass is 232 g/mol. The summed E-state index contributed by atoms with van der Waals surface area (Å²) in [5.41, 5.74) is 9.17. The van der Waals surface area contributed by atoms with Crippen LogP contribution < -0.4 is 5.73 Å². The molecule has 0 unspecified atom stereocenters. The van der Waals surface area contributed by atoms with Crippen LogP contribution >= 0.6 is 0 Å². The standard InChI is InChI=1S/C14H20N2O/c1-16-6-4-14(5-7-16)9-10-2-3-11(17)8-12(10)13(14)15/h2-3,8,13,17H,4-7,9,15H2,1H3/t13-/m1/s1. The van der Waals surface area contributed by atoms with Gasteiger partial charge in [0.25, 0.3) is 0 Å². The van der Waals surface area contributed by atoms with Crippen molar-refractivity contribution in [2.45, 2.75) is 25.3 Å². The third-order valence-electron chi connectivity index (χ3n) is 4.65. The van der Waals surface area contributed by atoms with Gasteiger partial charge in [-0.25, -0.2) is 0 Å². The lowest BCUT2D eigenvalue weighted by molar-refractivity contribution is 0.106. The Labute approximate surface area is 102 Å². The molecule has 92 valence electrons. The SMILES string of the molecule is CN1CCC2(CC1)Cc1ccc(O)cc1[C@H]2N. The highest BCUT2D eigenvalue weighted by atomic mass is 16.3. The van der Waals surface area contributed by atoms with Gasteiger partial charge in [0.15, 0.2) is 0 Å². The average Bonchev–Trinajstić information content (AvgIpc) is 2.58. The maximum atomic E-state index is 9.58. The number of phenolic OH excluding ortho intramolecular Hbond substituents is 1. The molecule has 1 aromatic carbocycles. The Balaban J connectivity index is 1.93. The molecule has 0 aromatic heterocycles. The minimum absolute atomic E-state index is 0.0956. The number of rotatable bonds is 0. The quantitative estimate of drug-likeness (QED) is 0.715. The van der Waals surface area contributed by atoms with Crippen LogP contribution in [0.1, 0.15) is 30.0 Å². The van der Waals surface area contributed by atoms with Gasteiger partial charge < -0.3 is 15.7 Å². The van der Waals surface area contributed by atoms with Crippen LogP contribution in [0, 0.1) is 5.41 Å². The van der Waals surface area contributed by atoms with E-state index < -0.39 is 0 Å². The molecule has 1 aromatic rings. The van der Waals surface area contributed by atoms with Gasteiger partial charge in [0.05, 0.1) is 0 Å². The molecule has 0 radical (unpaired) electrons. The molecule has 1 atom stereocenters. The second-order valence-electron chi connectivity index (χ2n) is 5.70. The number of hydrogen-bond acceptors (Lipinski definition) is 3. The van der Waals surface area contributed by atoms with Crippen LogP contribution in [0.5, 0.6) is 5.75 Å². The first-order valence-electron chi connectivity index (χ1n) is 6.37. The Morgan fingerprint density at radius 1 is 1.35 bits per heavy atom. The van der Waals surface area contributed by atoms with Crippen molar-refractivity contribution in [3.8, 4) is 5.75 Å². The first-order valence-corrected chi connectivity index (χ1v) is 6.37. The van der Waals surface area contributed by atoms with Gasteiger partial charge in [0.2, 0.25) is 0 Å². The minimum Gasteiger partial charge on any atom is -0.508 e. The third kappa shape index (κ3) is 1.65. The molecule has 3 rings (SSSR count). The van der Waals surface area contributed by atoms with Crippen LogP contribution in [0.15, 0.2) is 18.2 Å². The Morgan fingerprint density at radius 3 is 2.76 bits per heavy atom. The molecule has 0 amide bonds. The van der Waals surface area contributed by atoms with Gasteiger partial charge in [0, 0.05) is 6.04 Å². The fraction of sp³-hybridized carbons (Fsp3) is 0.571. The van der Waals surface area contributed by atoms with Crippen molar-refractivity contribution in [1.82, 2.24) is 4.90 Å². The maximum absolute atomic E-state index is 9.58. The Hall–Kier alpha value is -1.06. The largest absolute Gasteiger partial charge is 0.508 e.